The predicted octanol–water partition coefficient (Wildman–Crippen LogP) is 1.80. The standard InChI is InChI=1S/C13H21N3O/c1-17-13-7-4-6-12(15-13)16-10-3-2-5-11(16)8-9-14/h4,6-7,11H,2-3,5,8-10,14H2,1H3. The third-order valence-corrected chi connectivity index (χ3v) is 3.34. The first-order valence-electron chi connectivity index (χ1n) is 6.33. The number of rotatable bonds is 4. The normalized spacial score (nSPS) is 20.4. The van der Waals surface area contributed by atoms with Crippen molar-refractivity contribution in [1.29, 1.82) is 0 Å². The van der Waals surface area contributed by atoms with Crippen LogP contribution in [0.4, 0.5) is 5.82 Å². The molecule has 4 nitrogen and oxygen atoms in total. The van der Waals surface area contributed by atoms with Crippen LogP contribution < -0.4 is 15.4 Å². The van der Waals surface area contributed by atoms with Gasteiger partial charge in [-0.3, -0.25) is 0 Å². The molecule has 0 bridgehead atoms. The average molecular weight is 235 g/mol. The van der Waals surface area contributed by atoms with Gasteiger partial charge in [-0.25, -0.2) is 0 Å². The molecule has 1 aromatic rings. The van der Waals surface area contributed by atoms with Gasteiger partial charge in [0.1, 0.15) is 5.82 Å². The minimum atomic E-state index is 0.536. The van der Waals surface area contributed by atoms with E-state index in [-0.39, 0.29) is 0 Å². The zero-order valence-electron chi connectivity index (χ0n) is 10.4. The summed E-state index contributed by atoms with van der Waals surface area (Å²) in [6.07, 6.45) is 4.79. The summed E-state index contributed by atoms with van der Waals surface area (Å²) in [5.41, 5.74) is 5.68. The number of methoxy groups -OCH3 is 1. The molecule has 1 aromatic heterocycles. The van der Waals surface area contributed by atoms with E-state index in [0.717, 1.165) is 25.3 Å². The molecule has 2 rings (SSSR count). The van der Waals surface area contributed by atoms with E-state index in [4.69, 9.17) is 10.5 Å². The van der Waals surface area contributed by atoms with Crippen molar-refractivity contribution in [3.8, 4) is 5.88 Å². The van der Waals surface area contributed by atoms with Crippen molar-refractivity contribution in [3.05, 3.63) is 18.2 Å². The van der Waals surface area contributed by atoms with Crippen molar-refractivity contribution in [2.24, 2.45) is 5.73 Å². The van der Waals surface area contributed by atoms with Gasteiger partial charge in [0, 0.05) is 18.7 Å². The minimum Gasteiger partial charge on any atom is -0.481 e. The molecule has 1 saturated heterocycles. The lowest BCUT2D eigenvalue weighted by molar-refractivity contribution is 0.394. The Morgan fingerprint density at radius 1 is 1.47 bits per heavy atom. The summed E-state index contributed by atoms with van der Waals surface area (Å²) in [5.74, 6) is 1.70. The quantitative estimate of drug-likeness (QED) is 0.864. The van der Waals surface area contributed by atoms with Crippen molar-refractivity contribution in [1.82, 2.24) is 4.98 Å². The van der Waals surface area contributed by atoms with Crippen molar-refractivity contribution >= 4 is 5.82 Å². The van der Waals surface area contributed by atoms with E-state index in [9.17, 15) is 0 Å². The molecule has 2 heterocycles. The zero-order valence-corrected chi connectivity index (χ0v) is 10.4. The van der Waals surface area contributed by atoms with Crippen LogP contribution >= 0.6 is 0 Å². The van der Waals surface area contributed by atoms with Crippen LogP contribution in [0.2, 0.25) is 0 Å². The first-order chi connectivity index (χ1) is 8.35. The van der Waals surface area contributed by atoms with Crippen molar-refractivity contribution in [2.45, 2.75) is 31.7 Å². The fourth-order valence-electron chi connectivity index (χ4n) is 2.47. The van der Waals surface area contributed by atoms with Crippen molar-refractivity contribution in [2.75, 3.05) is 25.1 Å². The number of hydrogen-bond acceptors (Lipinski definition) is 4. The fraction of sp³-hybridized carbons (Fsp3) is 0.615. The lowest BCUT2D eigenvalue weighted by Gasteiger charge is -2.36. The Morgan fingerprint density at radius 2 is 2.35 bits per heavy atom. The number of piperidine rings is 1. The summed E-state index contributed by atoms with van der Waals surface area (Å²) in [6, 6.07) is 6.46. The number of pyridine rings is 1. The van der Waals surface area contributed by atoms with Crippen LogP contribution in [0.3, 0.4) is 0 Å². The van der Waals surface area contributed by atoms with E-state index in [1.54, 1.807) is 7.11 Å². The molecule has 0 amide bonds. The van der Waals surface area contributed by atoms with Gasteiger partial charge in [-0.15, -0.1) is 0 Å². The van der Waals surface area contributed by atoms with Crippen molar-refractivity contribution < 1.29 is 4.74 Å². The summed E-state index contributed by atoms with van der Waals surface area (Å²) in [4.78, 5) is 6.88. The Morgan fingerprint density at radius 3 is 3.12 bits per heavy atom. The molecule has 2 N–H and O–H groups in total. The Bertz CT molecular complexity index is 354. The first kappa shape index (κ1) is 12.2. The molecule has 0 aliphatic carbocycles. The van der Waals surface area contributed by atoms with Crippen LogP contribution in [-0.4, -0.2) is 31.2 Å². The smallest absolute Gasteiger partial charge is 0.214 e. The van der Waals surface area contributed by atoms with E-state index >= 15 is 0 Å². The molecule has 94 valence electrons. The zero-order chi connectivity index (χ0) is 12.1. The van der Waals surface area contributed by atoms with E-state index in [1.165, 1.54) is 19.3 Å². The van der Waals surface area contributed by atoms with Gasteiger partial charge in [0.2, 0.25) is 5.88 Å². The number of nitrogens with zero attached hydrogens (tertiary/aromatic N) is 2. The average Bonchev–Trinajstić information content (AvgIpc) is 2.40. The van der Waals surface area contributed by atoms with Crippen molar-refractivity contribution in [3.63, 3.8) is 0 Å². The van der Waals surface area contributed by atoms with Gasteiger partial charge < -0.3 is 15.4 Å². The molecular formula is C13H21N3O. The second-order valence-electron chi connectivity index (χ2n) is 4.46. The summed E-state index contributed by atoms with van der Waals surface area (Å²) in [6.45, 7) is 1.82. The maximum atomic E-state index is 5.68. The molecule has 17 heavy (non-hydrogen) atoms. The summed E-state index contributed by atoms with van der Waals surface area (Å²) in [5, 5.41) is 0. The van der Waals surface area contributed by atoms with Crippen LogP contribution in [0.5, 0.6) is 5.88 Å². The van der Waals surface area contributed by atoms with E-state index in [1.807, 2.05) is 12.1 Å². The van der Waals surface area contributed by atoms with Gasteiger partial charge in [-0.1, -0.05) is 6.07 Å². The van der Waals surface area contributed by atoms with Gasteiger partial charge in [-0.05, 0) is 38.3 Å². The van der Waals surface area contributed by atoms with Gasteiger partial charge in [0.25, 0.3) is 0 Å². The Hall–Kier alpha value is -1.29. The van der Waals surface area contributed by atoms with Gasteiger partial charge >= 0.3 is 0 Å². The number of nitrogens with two attached hydrogens (primary N) is 1. The molecule has 1 aliphatic heterocycles. The van der Waals surface area contributed by atoms with Crippen LogP contribution in [-0.2, 0) is 0 Å². The molecule has 1 fully saturated rings. The highest BCUT2D eigenvalue weighted by Gasteiger charge is 2.22. The molecule has 0 saturated carbocycles. The summed E-state index contributed by atoms with van der Waals surface area (Å²) in [7, 11) is 1.65. The molecule has 0 radical (unpaired) electrons. The van der Waals surface area contributed by atoms with Gasteiger partial charge in [0.05, 0.1) is 7.11 Å². The largest absolute Gasteiger partial charge is 0.481 e. The van der Waals surface area contributed by atoms with E-state index < -0.39 is 0 Å². The minimum absolute atomic E-state index is 0.536. The van der Waals surface area contributed by atoms with Gasteiger partial charge in [-0.2, -0.15) is 4.98 Å². The summed E-state index contributed by atoms with van der Waals surface area (Å²) >= 11 is 0. The third kappa shape index (κ3) is 2.88. The summed E-state index contributed by atoms with van der Waals surface area (Å²) < 4.78 is 5.18. The number of anilines is 1. The van der Waals surface area contributed by atoms with E-state index in [0.29, 0.717) is 11.9 Å². The third-order valence-electron chi connectivity index (χ3n) is 3.34. The molecule has 0 aromatic carbocycles. The second-order valence-corrected chi connectivity index (χ2v) is 4.46. The Labute approximate surface area is 103 Å². The maximum absolute atomic E-state index is 5.68. The number of hydrogen-bond donors (Lipinski definition) is 1. The topological polar surface area (TPSA) is 51.4 Å². The number of ether oxygens (including phenoxy) is 1. The van der Waals surface area contributed by atoms with Crippen LogP contribution in [0.25, 0.3) is 0 Å². The SMILES string of the molecule is COc1cccc(N2CCCCC2CCN)n1. The highest BCUT2D eigenvalue weighted by molar-refractivity contribution is 5.42. The van der Waals surface area contributed by atoms with E-state index in [2.05, 4.69) is 16.0 Å². The molecule has 1 unspecified atom stereocenters. The Kier molecular flexibility index (Phi) is 4.20. The molecule has 4 heteroatoms. The monoisotopic (exact) mass is 235 g/mol. The Balaban J connectivity index is 2.16. The maximum Gasteiger partial charge on any atom is 0.214 e. The molecule has 1 atom stereocenters. The van der Waals surface area contributed by atoms with Gasteiger partial charge in [0.15, 0.2) is 0 Å². The lowest BCUT2D eigenvalue weighted by Crippen LogP contribution is -2.41. The predicted molar refractivity (Wildman–Crippen MR) is 69.4 cm³/mol. The second kappa shape index (κ2) is 5.87. The highest BCUT2D eigenvalue weighted by Crippen LogP contribution is 2.26. The van der Waals surface area contributed by atoms with Crippen LogP contribution in [0, 0.1) is 0 Å². The highest BCUT2D eigenvalue weighted by atomic mass is 16.5. The van der Waals surface area contributed by atoms with Crippen LogP contribution in [0.1, 0.15) is 25.7 Å². The first-order valence-corrected chi connectivity index (χ1v) is 6.33. The molecule has 0 spiro atoms. The van der Waals surface area contributed by atoms with Crippen LogP contribution in [0.15, 0.2) is 18.2 Å². The molecular weight excluding hydrogens is 214 g/mol. The fourth-order valence-corrected chi connectivity index (χ4v) is 2.47. The molecule has 1 aliphatic rings. The number of aromatic nitrogens is 1. The lowest BCUT2D eigenvalue weighted by atomic mass is 9.99.